The zero-order valence-electron chi connectivity index (χ0n) is 8.91. The van der Waals surface area contributed by atoms with Crippen LogP contribution >= 0.6 is 0 Å². The van der Waals surface area contributed by atoms with Crippen LogP contribution in [-0.2, 0) is 13.6 Å². The average Bonchev–Trinajstić information content (AvgIpc) is 2.68. The fraction of sp³-hybridized carbons (Fsp3) is 0.200. The molecule has 1 heterocycles. The van der Waals surface area contributed by atoms with Crippen molar-refractivity contribution < 1.29 is 13.2 Å². The second-order valence-electron chi connectivity index (χ2n) is 3.40. The molecule has 0 aliphatic heterocycles. The summed E-state index contributed by atoms with van der Waals surface area (Å²) in [7, 11) is 1.67. The van der Waals surface area contributed by atoms with E-state index in [0.717, 1.165) is 6.07 Å². The molecule has 2 aromatic rings. The Kier molecular flexibility index (Phi) is 2.99. The van der Waals surface area contributed by atoms with Crippen LogP contribution in [0.15, 0.2) is 18.5 Å². The predicted octanol–water partition coefficient (Wildman–Crippen LogP) is 1.84. The lowest BCUT2D eigenvalue weighted by molar-refractivity contribution is 0.496. The van der Waals surface area contributed by atoms with Gasteiger partial charge in [-0.15, -0.1) is 0 Å². The first-order chi connectivity index (χ1) is 8.08. The maximum absolute atomic E-state index is 13.2. The summed E-state index contributed by atoms with van der Waals surface area (Å²) >= 11 is 0. The summed E-state index contributed by atoms with van der Waals surface area (Å²) in [6.07, 6.45) is 1.35. The normalized spacial score (nSPS) is 10.6. The molecule has 0 saturated heterocycles. The lowest BCUT2D eigenvalue weighted by atomic mass is 10.3. The van der Waals surface area contributed by atoms with E-state index < -0.39 is 17.5 Å². The van der Waals surface area contributed by atoms with Gasteiger partial charge in [-0.25, -0.2) is 18.2 Å². The van der Waals surface area contributed by atoms with E-state index >= 15 is 0 Å². The molecule has 17 heavy (non-hydrogen) atoms. The molecule has 0 saturated carbocycles. The number of nitrogens with one attached hydrogen (secondary N) is 1. The first-order valence-corrected chi connectivity index (χ1v) is 4.79. The standard InChI is InChI=1S/C10H9F3N4/c1-17-10(15-5-16-17)4-14-9-3-7(12)6(11)2-8(9)13/h2-3,5,14H,4H2,1H3. The topological polar surface area (TPSA) is 42.7 Å². The molecule has 0 amide bonds. The van der Waals surface area contributed by atoms with Crippen LogP contribution in [0.4, 0.5) is 18.9 Å². The smallest absolute Gasteiger partial charge is 0.161 e. The van der Waals surface area contributed by atoms with Gasteiger partial charge < -0.3 is 5.32 Å². The van der Waals surface area contributed by atoms with Crippen LogP contribution in [0.3, 0.4) is 0 Å². The molecule has 7 heteroatoms. The Balaban J connectivity index is 2.14. The maximum Gasteiger partial charge on any atom is 0.161 e. The van der Waals surface area contributed by atoms with Crippen molar-refractivity contribution in [3.8, 4) is 0 Å². The zero-order valence-corrected chi connectivity index (χ0v) is 8.91. The molecule has 1 aromatic heterocycles. The van der Waals surface area contributed by atoms with Crippen molar-refractivity contribution in [1.82, 2.24) is 14.8 Å². The van der Waals surface area contributed by atoms with Gasteiger partial charge in [0.25, 0.3) is 0 Å². The Morgan fingerprint density at radius 2 is 1.88 bits per heavy atom. The SMILES string of the molecule is Cn1ncnc1CNc1cc(F)c(F)cc1F. The lowest BCUT2D eigenvalue weighted by Crippen LogP contribution is -2.08. The van der Waals surface area contributed by atoms with Crippen molar-refractivity contribution in [2.45, 2.75) is 6.54 Å². The number of nitrogens with zero attached hydrogens (tertiary/aromatic N) is 3. The van der Waals surface area contributed by atoms with Crippen LogP contribution in [0, 0.1) is 17.5 Å². The summed E-state index contributed by atoms with van der Waals surface area (Å²) in [5, 5.41) is 6.44. The third kappa shape index (κ3) is 2.38. The van der Waals surface area contributed by atoms with E-state index in [4.69, 9.17) is 0 Å². The van der Waals surface area contributed by atoms with Gasteiger partial charge in [-0.1, -0.05) is 0 Å². The summed E-state index contributed by atoms with van der Waals surface area (Å²) in [5.74, 6) is -2.63. The molecule has 0 unspecified atom stereocenters. The average molecular weight is 242 g/mol. The Bertz CT molecular complexity index is 538. The van der Waals surface area contributed by atoms with Crippen LogP contribution in [-0.4, -0.2) is 14.8 Å². The van der Waals surface area contributed by atoms with Crippen molar-refractivity contribution in [3.63, 3.8) is 0 Å². The number of anilines is 1. The quantitative estimate of drug-likeness (QED) is 0.835. The van der Waals surface area contributed by atoms with Gasteiger partial charge >= 0.3 is 0 Å². The number of hydrogen-bond donors (Lipinski definition) is 1. The van der Waals surface area contributed by atoms with Crippen molar-refractivity contribution in [2.75, 3.05) is 5.32 Å². The molecule has 1 aromatic carbocycles. The number of aromatic nitrogens is 3. The maximum atomic E-state index is 13.2. The number of aryl methyl sites for hydroxylation is 1. The molecular weight excluding hydrogens is 233 g/mol. The molecule has 90 valence electrons. The van der Waals surface area contributed by atoms with Crippen LogP contribution in [0.5, 0.6) is 0 Å². The Hall–Kier alpha value is -2.05. The van der Waals surface area contributed by atoms with Gasteiger partial charge in [0, 0.05) is 19.2 Å². The highest BCUT2D eigenvalue weighted by Gasteiger charge is 2.10. The van der Waals surface area contributed by atoms with Gasteiger partial charge in [0.2, 0.25) is 0 Å². The van der Waals surface area contributed by atoms with Gasteiger partial charge in [0.1, 0.15) is 18.0 Å². The number of halogens is 3. The molecule has 4 nitrogen and oxygen atoms in total. The summed E-state index contributed by atoms with van der Waals surface area (Å²) in [4.78, 5) is 3.90. The number of hydrogen-bond acceptors (Lipinski definition) is 3. The molecule has 0 radical (unpaired) electrons. The first-order valence-electron chi connectivity index (χ1n) is 4.79. The number of benzene rings is 1. The molecular formula is C10H9F3N4. The molecule has 0 bridgehead atoms. The lowest BCUT2D eigenvalue weighted by Gasteiger charge is -2.07. The Morgan fingerprint density at radius 1 is 1.18 bits per heavy atom. The second-order valence-corrected chi connectivity index (χ2v) is 3.40. The highest BCUT2D eigenvalue weighted by Crippen LogP contribution is 2.18. The van der Waals surface area contributed by atoms with E-state index in [0.29, 0.717) is 11.9 Å². The van der Waals surface area contributed by atoms with E-state index in [1.54, 1.807) is 7.05 Å². The minimum atomic E-state index is -1.22. The molecule has 0 aliphatic carbocycles. The van der Waals surface area contributed by atoms with E-state index in [1.807, 2.05) is 0 Å². The minimum absolute atomic E-state index is 0.119. The fourth-order valence-corrected chi connectivity index (χ4v) is 1.31. The van der Waals surface area contributed by atoms with E-state index in [2.05, 4.69) is 15.4 Å². The van der Waals surface area contributed by atoms with Crippen molar-refractivity contribution >= 4 is 5.69 Å². The molecule has 0 aliphatic rings. The summed E-state index contributed by atoms with van der Waals surface area (Å²) < 4.78 is 40.3. The summed E-state index contributed by atoms with van der Waals surface area (Å²) in [6.45, 7) is 0.165. The van der Waals surface area contributed by atoms with Crippen molar-refractivity contribution in [3.05, 3.63) is 41.7 Å². The third-order valence-corrected chi connectivity index (χ3v) is 2.25. The molecule has 1 N–H and O–H groups in total. The van der Waals surface area contributed by atoms with Crippen LogP contribution in [0.25, 0.3) is 0 Å². The van der Waals surface area contributed by atoms with E-state index in [1.165, 1.54) is 11.0 Å². The molecule has 0 spiro atoms. The van der Waals surface area contributed by atoms with Crippen LogP contribution < -0.4 is 5.32 Å². The molecule has 2 rings (SSSR count). The molecule has 0 atom stereocenters. The zero-order chi connectivity index (χ0) is 12.4. The van der Waals surface area contributed by atoms with Crippen LogP contribution in [0.1, 0.15) is 5.82 Å². The Labute approximate surface area is 95.1 Å². The van der Waals surface area contributed by atoms with E-state index in [-0.39, 0.29) is 12.2 Å². The van der Waals surface area contributed by atoms with E-state index in [9.17, 15) is 13.2 Å². The van der Waals surface area contributed by atoms with Crippen molar-refractivity contribution in [1.29, 1.82) is 0 Å². The van der Waals surface area contributed by atoms with Gasteiger partial charge in [0.05, 0.1) is 12.2 Å². The molecule has 0 fully saturated rings. The van der Waals surface area contributed by atoms with Gasteiger partial charge in [-0.05, 0) is 0 Å². The predicted molar refractivity (Wildman–Crippen MR) is 54.6 cm³/mol. The highest BCUT2D eigenvalue weighted by atomic mass is 19.2. The fourth-order valence-electron chi connectivity index (χ4n) is 1.31. The third-order valence-electron chi connectivity index (χ3n) is 2.25. The monoisotopic (exact) mass is 242 g/mol. The van der Waals surface area contributed by atoms with Crippen molar-refractivity contribution in [2.24, 2.45) is 7.05 Å². The van der Waals surface area contributed by atoms with Crippen LogP contribution in [0.2, 0.25) is 0 Å². The highest BCUT2D eigenvalue weighted by molar-refractivity contribution is 5.45. The second kappa shape index (κ2) is 4.44. The Morgan fingerprint density at radius 3 is 2.53 bits per heavy atom. The van der Waals surface area contributed by atoms with Gasteiger partial charge in [-0.2, -0.15) is 5.10 Å². The minimum Gasteiger partial charge on any atom is -0.375 e. The summed E-state index contributed by atoms with van der Waals surface area (Å²) in [5.41, 5.74) is -0.119. The number of rotatable bonds is 3. The largest absolute Gasteiger partial charge is 0.375 e. The summed E-state index contributed by atoms with van der Waals surface area (Å²) in [6, 6.07) is 1.26. The van der Waals surface area contributed by atoms with Gasteiger partial charge in [-0.3, -0.25) is 4.68 Å². The van der Waals surface area contributed by atoms with Gasteiger partial charge in [0.15, 0.2) is 11.6 Å². The first kappa shape index (κ1) is 11.4.